The maximum absolute atomic E-state index is 5.05. The molecule has 0 atom stereocenters. The van der Waals surface area contributed by atoms with Gasteiger partial charge in [0.1, 0.15) is 5.82 Å². The zero-order valence-corrected chi connectivity index (χ0v) is 22.4. The Morgan fingerprint density at radius 3 is 2.76 bits per heavy atom. The Labute approximate surface area is 221 Å². The lowest BCUT2D eigenvalue weighted by molar-refractivity contribution is 0.260. The van der Waals surface area contributed by atoms with Gasteiger partial charge in [0, 0.05) is 55.8 Å². The highest BCUT2D eigenvalue weighted by molar-refractivity contribution is 5.89. The number of nitrogens with one attached hydrogen (secondary N) is 2. The maximum Gasteiger partial charge on any atom is 0.225 e. The van der Waals surface area contributed by atoms with Crippen LogP contribution in [0.3, 0.4) is 0 Å². The molecule has 0 saturated heterocycles. The maximum atomic E-state index is 5.05. The molecule has 5 aromatic rings. The van der Waals surface area contributed by atoms with Crippen molar-refractivity contribution in [2.75, 3.05) is 18.4 Å². The molecule has 194 valence electrons. The number of likely N-dealkylation sites (N-methyl/N-ethyl adjacent to an activating group) is 1. The van der Waals surface area contributed by atoms with Crippen molar-refractivity contribution in [1.82, 2.24) is 39.4 Å². The minimum Gasteiger partial charge on any atom is -0.330 e. The minimum absolute atomic E-state index is 0.573. The molecule has 0 amide bonds. The molecule has 0 spiro atoms. The summed E-state index contributed by atoms with van der Waals surface area (Å²) < 4.78 is 4.09. The third kappa shape index (κ3) is 3.80. The van der Waals surface area contributed by atoms with E-state index in [0.717, 1.165) is 60.2 Å². The van der Waals surface area contributed by atoms with Gasteiger partial charge in [-0.15, -0.1) is 5.10 Å². The average Bonchev–Trinajstić information content (AvgIpc) is 3.39. The van der Waals surface area contributed by atoms with Gasteiger partial charge in [0.25, 0.3) is 0 Å². The van der Waals surface area contributed by atoms with Crippen molar-refractivity contribution in [1.29, 1.82) is 0 Å². The normalized spacial score (nSPS) is 15.8. The third-order valence-electron chi connectivity index (χ3n) is 8.17. The molecule has 7 rings (SSSR count). The number of benzene rings is 2. The Hall–Kier alpha value is -3.98. The fraction of sp³-hybridized carbons (Fsp3) is 0.379. The number of rotatable bonds is 6. The van der Waals surface area contributed by atoms with E-state index in [-0.39, 0.29) is 0 Å². The van der Waals surface area contributed by atoms with E-state index in [0.29, 0.717) is 11.7 Å². The van der Waals surface area contributed by atoms with Gasteiger partial charge in [-0.3, -0.25) is 10.00 Å². The summed E-state index contributed by atoms with van der Waals surface area (Å²) >= 11 is 0. The molecule has 0 unspecified atom stereocenters. The van der Waals surface area contributed by atoms with Crippen LogP contribution in [0, 0.1) is 6.92 Å². The topological polar surface area (TPSA) is 92.5 Å². The highest BCUT2D eigenvalue weighted by Gasteiger charge is 2.29. The molecule has 9 heteroatoms. The monoisotopic (exact) mass is 507 g/mol. The van der Waals surface area contributed by atoms with Crippen LogP contribution < -0.4 is 5.32 Å². The van der Waals surface area contributed by atoms with E-state index in [9.17, 15) is 0 Å². The first-order valence-corrected chi connectivity index (χ1v) is 13.5. The molecule has 1 aliphatic heterocycles. The van der Waals surface area contributed by atoms with Crippen molar-refractivity contribution >= 4 is 22.5 Å². The van der Waals surface area contributed by atoms with E-state index in [1.54, 1.807) is 0 Å². The Balaban J connectivity index is 1.19. The van der Waals surface area contributed by atoms with Gasteiger partial charge in [-0.25, -0.2) is 9.67 Å². The molecule has 3 aromatic heterocycles. The smallest absolute Gasteiger partial charge is 0.225 e. The van der Waals surface area contributed by atoms with Gasteiger partial charge < -0.3 is 9.88 Å². The lowest BCUT2D eigenvalue weighted by Gasteiger charge is -2.25. The zero-order valence-electron chi connectivity index (χ0n) is 22.4. The minimum atomic E-state index is 0.573. The van der Waals surface area contributed by atoms with Crippen LogP contribution in [0.5, 0.6) is 0 Å². The lowest BCUT2D eigenvalue weighted by Crippen LogP contribution is -2.31. The van der Waals surface area contributed by atoms with Crippen LogP contribution in [-0.4, -0.2) is 52.5 Å². The zero-order chi connectivity index (χ0) is 26.0. The van der Waals surface area contributed by atoms with Crippen molar-refractivity contribution in [2.45, 2.75) is 45.6 Å². The average molecular weight is 508 g/mol. The van der Waals surface area contributed by atoms with Crippen LogP contribution in [0.4, 0.5) is 11.6 Å². The second-order valence-electron chi connectivity index (χ2n) is 10.7. The number of H-pyrrole nitrogens is 1. The molecular formula is C29H33N9. The first-order valence-electron chi connectivity index (χ1n) is 13.5. The molecule has 2 aromatic carbocycles. The molecule has 1 aliphatic carbocycles. The number of imidazole rings is 1. The van der Waals surface area contributed by atoms with Gasteiger partial charge in [-0.05, 0) is 61.6 Å². The number of anilines is 2. The van der Waals surface area contributed by atoms with Gasteiger partial charge >= 0.3 is 0 Å². The molecule has 2 aliphatic rings. The van der Waals surface area contributed by atoms with E-state index in [1.165, 1.54) is 40.7 Å². The van der Waals surface area contributed by atoms with Crippen molar-refractivity contribution in [3.05, 3.63) is 59.0 Å². The predicted molar refractivity (Wildman–Crippen MR) is 149 cm³/mol. The standard InChI is InChI=1S/C29H33N9/c1-5-38-13-12-23-25(16-38)36(3)28(31-23)20-9-8-19(14-17(20)2)27-33-29(37(4)35-27)32-24-11-10-22-21(15-30-34-22)26(24)18-6-7-18/h8-11,14-15,18H,5-7,12-13,16H2,1-4H3,(H,30,34)(H,32,33,35). The number of aryl methyl sites for hydroxylation is 2. The second kappa shape index (κ2) is 8.80. The summed E-state index contributed by atoms with van der Waals surface area (Å²) in [5, 5.41) is 16.8. The summed E-state index contributed by atoms with van der Waals surface area (Å²) in [6, 6.07) is 10.6. The van der Waals surface area contributed by atoms with E-state index >= 15 is 0 Å². The van der Waals surface area contributed by atoms with Gasteiger partial charge in [-0.2, -0.15) is 10.1 Å². The van der Waals surface area contributed by atoms with Crippen molar-refractivity contribution in [2.24, 2.45) is 14.1 Å². The number of aromatic nitrogens is 7. The number of fused-ring (bicyclic) bond motifs is 2. The SMILES string of the molecule is CCN1CCc2nc(-c3ccc(-c4nc(Nc5ccc6[nH]ncc6c5C5CC5)n(C)n4)cc3C)n(C)c2C1. The van der Waals surface area contributed by atoms with E-state index in [4.69, 9.17) is 15.1 Å². The Bertz CT molecular complexity index is 1670. The summed E-state index contributed by atoms with van der Waals surface area (Å²) in [6.45, 7) is 7.49. The van der Waals surface area contributed by atoms with Crippen LogP contribution in [-0.2, 0) is 27.1 Å². The van der Waals surface area contributed by atoms with Crippen LogP contribution >= 0.6 is 0 Å². The summed E-state index contributed by atoms with van der Waals surface area (Å²) in [5.41, 5.74) is 9.36. The number of hydrogen-bond acceptors (Lipinski definition) is 6. The molecule has 0 bridgehead atoms. The Morgan fingerprint density at radius 1 is 1.11 bits per heavy atom. The van der Waals surface area contributed by atoms with E-state index in [1.807, 2.05) is 17.9 Å². The van der Waals surface area contributed by atoms with E-state index < -0.39 is 0 Å². The van der Waals surface area contributed by atoms with Crippen molar-refractivity contribution in [3.8, 4) is 22.8 Å². The van der Waals surface area contributed by atoms with Crippen LogP contribution in [0.1, 0.15) is 48.2 Å². The van der Waals surface area contributed by atoms with Crippen LogP contribution in [0.25, 0.3) is 33.7 Å². The number of aromatic amines is 1. The summed E-state index contributed by atoms with van der Waals surface area (Å²) in [4.78, 5) is 12.4. The molecule has 4 heterocycles. The highest BCUT2D eigenvalue weighted by Crippen LogP contribution is 2.47. The predicted octanol–water partition coefficient (Wildman–Crippen LogP) is 5.07. The number of nitrogens with zero attached hydrogens (tertiary/aromatic N) is 7. The Kier molecular flexibility index (Phi) is 5.36. The molecular weight excluding hydrogens is 474 g/mol. The van der Waals surface area contributed by atoms with Gasteiger partial charge in [0.15, 0.2) is 5.82 Å². The van der Waals surface area contributed by atoms with Crippen LogP contribution in [0.2, 0.25) is 0 Å². The first-order chi connectivity index (χ1) is 18.5. The summed E-state index contributed by atoms with van der Waals surface area (Å²) in [5.74, 6) is 3.04. The number of hydrogen-bond donors (Lipinski definition) is 2. The summed E-state index contributed by atoms with van der Waals surface area (Å²) in [6.07, 6.45) is 5.37. The fourth-order valence-electron chi connectivity index (χ4n) is 5.80. The fourth-order valence-corrected chi connectivity index (χ4v) is 5.80. The van der Waals surface area contributed by atoms with Crippen LogP contribution in [0.15, 0.2) is 36.5 Å². The highest BCUT2D eigenvalue weighted by atomic mass is 15.4. The Morgan fingerprint density at radius 2 is 1.97 bits per heavy atom. The lowest BCUT2D eigenvalue weighted by atomic mass is 10.0. The first kappa shape index (κ1) is 23.2. The van der Waals surface area contributed by atoms with Crippen molar-refractivity contribution in [3.63, 3.8) is 0 Å². The van der Waals surface area contributed by atoms with Crippen molar-refractivity contribution < 1.29 is 0 Å². The van der Waals surface area contributed by atoms with Gasteiger partial charge in [0.05, 0.1) is 23.1 Å². The molecule has 0 radical (unpaired) electrons. The molecule has 9 nitrogen and oxygen atoms in total. The van der Waals surface area contributed by atoms with Gasteiger partial charge in [0.2, 0.25) is 5.95 Å². The summed E-state index contributed by atoms with van der Waals surface area (Å²) in [7, 11) is 4.08. The van der Waals surface area contributed by atoms with Gasteiger partial charge in [-0.1, -0.05) is 19.1 Å². The molecule has 1 saturated carbocycles. The molecule has 1 fully saturated rings. The second-order valence-corrected chi connectivity index (χ2v) is 10.7. The quantitative estimate of drug-likeness (QED) is 0.334. The molecule has 38 heavy (non-hydrogen) atoms. The van der Waals surface area contributed by atoms with E-state index in [2.05, 4.69) is 76.2 Å². The third-order valence-corrected chi connectivity index (χ3v) is 8.17. The molecule has 2 N–H and O–H groups in total. The largest absolute Gasteiger partial charge is 0.330 e.